The SMILES string of the molecule is O=C(Nc1cc(Cl)c([N+](=O)[O-])cc1Cl)c1ccccc1. The zero-order valence-electron chi connectivity index (χ0n) is 9.97. The number of rotatable bonds is 3. The molecule has 0 fully saturated rings. The largest absolute Gasteiger partial charge is 0.321 e. The third kappa shape index (κ3) is 3.07. The molecule has 0 unspecified atom stereocenters. The highest BCUT2D eigenvalue weighted by atomic mass is 35.5. The normalized spacial score (nSPS) is 10.1. The molecule has 0 atom stereocenters. The van der Waals surface area contributed by atoms with Crippen LogP contribution < -0.4 is 5.32 Å². The molecule has 0 aliphatic rings. The van der Waals surface area contributed by atoms with Crippen LogP contribution in [0.3, 0.4) is 0 Å². The van der Waals surface area contributed by atoms with Crippen molar-refractivity contribution in [3.63, 3.8) is 0 Å². The van der Waals surface area contributed by atoms with Gasteiger partial charge in [0.1, 0.15) is 5.02 Å². The minimum atomic E-state index is -0.642. The number of hydrogen-bond donors (Lipinski definition) is 1. The first-order valence-electron chi connectivity index (χ1n) is 5.49. The Labute approximate surface area is 124 Å². The van der Waals surface area contributed by atoms with Gasteiger partial charge in [-0.1, -0.05) is 41.4 Å². The molecule has 0 spiro atoms. The van der Waals surface area contributed by atoms with Crippen molar-refractivity contribution >= 4 is 40.5 Å². The molecule has 7 heteroatoms. The van der Waals surface area contributed by atoms with Crippen molar-refractivity contribution < 1.29 is 9.72 Å². The van der Waals surface area contributed by atoms with Crippen molar-refractivity contribution in [2.45, 2.75) is 0 Å². The molecule has 0 aromatic heterocycles. The van der Waals surface area contributed by atoms with E-state index in [1.54, 1.807) is 30.3 Å². The molecule has 1 amide bonds. The monoisotopic (exact) mass is 310 g/mol. The van der Waals surface area contributed by atoms with Gasteiger partial charge in [-0.2, -0.15) is 0 Å². The number of amides is 1. The van der Waals surface area contributed by atoms with Gasteiger partial charge in [0.15, 0.2) is 0 Å². The maximum atomic E-state index is 11.9. The van der Waals surface area contributed by atoms with Gasteiger partial charge in [-0.25, -0.2) is 0 Å². The fourth-order valence-corrected chi connectivity index (χ4v) is 1.99. The lowest BCUT2D eigenvalue weighted by molar-refractivity contribution is -0.384. The molecule has 0 saturated heterocycles. The summed E-state index contributed by atoms with van der Waals surface area (Å²) in [6.07, 6.45) is 0. The number of hydrogen-bond acceptors (Lipinski definition) is 3. The lowest BCUT2D eigenvalue weighted by Crippen LogP contribution is -2.12. The molecule has 2 aromatic carbocycles. The number of nitrogens with one attached hydrogen (secondary N) is 1. The van der Waals surface area contributed by atoms with Gasteiger partial charge in [0.2, 0.25) is 0 Å². The van der Waals surface area contributed by atoms with E-state index < -0.39 is 4.92 Å². The van der Waals surface area contributed by atoms with Crippen LogP contribution in [0, 0.1) is 10.1 Å². The van der Waals surface area contributed by atoms with Gasteiger partial charge in [0.25, 0.3) is 11.6 Å². The average Bonchev–Trinajstić information content (AvgIpc) is 2.43. The van der Waals surface area contributed by atoms with Crippen molar-refractivity contribution in [1.82, 2.24) is 0 Å². The zero-order chi connectivity index (χ0) is 14.7. The van der Waals surface area contributed by atoms with Gasteiger partial charge in [-0.05, 0) is 18.2 Å². The lowest BCUT2D eigenvalue weighted by atomic mass is 10.2. The molecule has 5 nitrogen and oxygen atoms in total. The number of carbonyl (C=O) groups is 1. The van der Waals surface area contributed by atoms with Gasteiger partial charge in [0.05, 0.1) is 15.6 Å². The fraction of sp³-hybridized carbons (Fsp3) is 0. The highest BCUT2D eigenvalue weighted by molar-refractivity contribution is 6.37. The van der Waals surface area contributed by atoms with Gasteiger partial charge < -0.3 is 5.32 Å². The Balaban J connectivity index is 2.29. The highest BCUT2D eigenvalue weighted by Crippen LogP contribution is 2.34. The van der Waals surface area contributed by atoms with E-state index in [1.165, 1.54) is 6.07 Å². The minimum absolute atomic E-state index is 0.0466. The van der Waals surface area contributed by atoms with Gasteiger partial charge >= 0.3 is 0 Å². The van der Waals surface area contributed by atoms with E-state index in [0.29, 0.717) is 5.56 Å². The first-order valence-corrected chi connectivity index (χ1v) is 6.24. The molecule has 0 aliphatic heterocycles. The Morgan fingerprint density at radius 1 is 1.10 bits per heavy atom. The quantitative estimate of drug-likeness (QED) is 0.683. The van der Waals surface area contributed by atoms with Crippen LogP contribution in [0.5, 0.6) is 0 Å². The topological polar surface area (TPSA) is 72.2 Å². The maximum Gasteiger partial charge on any atom is 0.289 e. The van der Waals surface area contributed by atoms with Gasteiger partial charge in [-0.15, -0.1) is 0 Å². The van der Waals surface area contributed by atoms with Crippen molar-refractivity contribution in [3.05, 3.63) is 68.2 Å². The number of nitrogens with zero attached hydrogens (tertiary/aromatic N) is 1. The molecule has 1 N–H and O–H groups in total. The van der Waals surface area contributed by atoms with E-state index in [0.717, 1.165) is 6.07 Å². The average molecular weight is 311 g/mol. The van der Waals surface area contributed by atoms with E-state index in [9.17, 15) is 14.9 Å². The van der Waals surface area contributed by atoms with Crippen LogP contribution in [0.15, 0.2) is 42.5 Å². The second-order valence-electron chi connectivity index (χ2n) is 3.86. The Hall–Kier alpha value is -2.11. The summed E-state index contributed by atoms with van der Waals surface area (Å²) in [6, 6.07) is 10.9. The minimum Gasteiger partial charge on any atom is -0.321 e. The van der Waals surface area contributed by atoms with E-state index >= 15 is 0 Å². The van der Waals surface area contributed by atoms with Crippen LogP contribution in [0.2, 0.25) is 10.0 Å². The van der Waals surface area contributed by atoms with E-state index in [-0.39, 0.29) is 27.3 Å². The summed E-state index contributed by atoms with van der Waals surface area (Å²) < 4.78 is 0. The first kappa shape index (κ1) is 14.3. The van der Waals surface area contributed by atoms with Crippen molar-refractivity contribution in [1.29, 1.82) is 0 Å². The molecule has 0 heterocycles. The van der Waals surface area contributed by atoms with Crippen LogP contribution in [-0.4, -0.2) is 10.8 Å². The van der Waals surface area contributed by atoms with E-state index in [1.807, 2.05) is 0 Å². The second-order valence-corrected chi connectivity index (χ2v) is 4.68. The van der Waals surface area contributed by atoms with Crippen LogP contribution in [-0.2, 0) is 0 Å². The summed E-state index contributed by atoms with van der Waals surface area (Å²) in [5.41, 5.74) is 0.350. The van der Waals surface area contributed by atoms with Crippen molar-refractivity contribution in [2.24, 2.45) is 0 Å². The number of nitro groups is 1. The summed E-state index contributed by atoms with van der Waals surface area (Å²) in [5.74, 6) is -0.377. The third-order valence-electron chi connectivity index (χ3n) is 2.52. The predicted molar refractivity (Wildman–Crippen MR) is 77.5 cm³/mol. The van der Waals surface area contributed by atoms with Crippen LogP contribution in [0.4, 0.5) is 11.4 Å². The Bertz CT molecular complexity index is 675. The zero-order valence-corrected chi connectivity index (χ0v) is 11.5. The van der Waals surface area contributed by atoms with Crippen LogP contribution >= 0.6 is 23.2 Å². The summed E-state index contributed by atoms with van der Waals surface area (Å²) in [7, 11) is 0. The molecule has 0 bridgehead atoms. The summed E-state index contributed by atoms with van der Waals surface area (Å²) in [5, 5.41) is 13.2. The molecule has 0 saturated carbocycles. The van der Waals surface area contributed by atoms with Crippen LogP contribution in [0.25, 0.3) is 0 Å². The molecular weight excluding hydrogens is 303 g/mol. The number of halogens is 2. The first-order chi connectivity index (χ1) is 9.49. The highest BCUT2D eigenvalue weighted by Gasteiger charge is 2.17. The third-order valence-corrected chi connectivity index (χ3v) is 3.13. The molecule has 0 aliphatic carbocycles. The summed E-state index contributed by atoms with van der Waals surface area (Å²) >= 11 is 11.7. The van der Waals surface area contributed by atoms with Crippen molar-refractivity contribution in [3.8, 4) is 0 Å². The lowest BCUT2D eigenvalue weighted by Gasteiger charge is -2.08. The van der Waals surface area contributed by atoms with Gasteiger partial charge in [0, 0.05) is 11.6 Å². The van der Waals surface area contributed by atoms with E-state index in [4.69, 9.17) is 23.2 Å². The Kier molecular flexibility index (Phi) is 4.22. The van der Waals surface area contributed by atoms with Gasteiger partial charge in [-0.3, -0.25) is 14.9 Å². The summed E-state index contributed by atoms with van der Waals surface area (Å²) in [4.78, 5) is 22.0. The van der Waals surface area contributed by atoms with Crippen LogP contribution in [0.1, 0.15) is 10.4 Å². The smallest absolute Gasteiger partial charge is 0.289 e. The Morgan fingerprint density at radius 2 is 1.75 bits per heavy atom. The number of carbonyl (C=O) groups excluding carboxylic acids is 1. The molecule has 2 rings (SSSR count). The fourth-order valence-electron chi connectivity index (χ4n) is 1.56. The van der Waals surface area contributed by atoms with E-state index in [2.05, 4.69) is 5.32 Å². The molecule has 20 heavy (non-hydrogen) atoms. The molecule has 0 radical (unpaired) electrons. The predicted octanol–water partition coefficient (Wildman–Crippen LogP) is 4.15. The van der Waals surface area contributed by atoms with Crippen molar-refractivity contribution in [2.75, 3.05) is 5.32 Å². The summed E-state index contributed by atoms with van der Waals surface area (Å²) in [6.45, 7) is 0. The number of nitro benzene ring substituents is 1. The maximum absolute atomic E-state index is 11.9. The second kappa shape index (κ2) is 5.90. The Morgan fingerprint density at radius 3 is 2.35 bits per heavy atom. The standard InChI is InChI=1S/C13H8Cl2N2O3/c14-9-7-12(17(19)20)10(15)6-11(9)16-13(18)8-4-2-1-3-5-8/h1-7H,(H,16,18). The molecule has 2 aromatic rings. The molecule has 102 valence electrons. The number of benzene rings is 2. The molecular formula is C13H8Cl2N2O3. The number of anilines is 1.